The molecule has 0 radical (unpaired) electrons. The Kier molecular flexibility index (Phi) is 5.31. The van der Waals surface area contributed by atoms with Crippen molar-refractivity contribution < 1.29 is 9.53 Å². The van der Waals surface area contributed by atoms with Gasteiger partial charge in [0.1, 0.15) is 5.75 Å². The first-order chi connectivity index (χ1) is 15.6. The predicted molar refractivity (Wildman–Crippen MR) is 123 cm³/mol. The number of rotatable bonds is 4. The van der Waals surface area contributed by atoms with Crippen LogP contribution in [0.1, 0.15) is 36.2 Å². The van der Waals surface area contributed by atoms with Gasteiger partial charge in [-0.2, -0.15) is 5.10 Å². The monoisotopic (exact) mass is 428 g/mol. The minimum Gasteiger partial charge on any atom is -0.490 e. The molecule has 0 bridgehead atoms. The van der Waals surface area contributed by atoms with Crippen LogP contribution in [0.15, 0.2) is 65.7 Å². The molecule has 1 aliphatic carbocycles. The van der Waals surface area contributed by atoms with Crippen molar-refractivity contribution in [2.75, 3.05) is 0 Å². The van der Waals surface area contributed by atoms with Crippen molar-refractivity contribution in [2.45, 2.75) is 37.8 Å². The fourth-order valence-electron chi connectivity index (χ4n) is 4.42. The molecule has 1 aliphatic rings. The Morgan fingerprint density at radius 3 is 2.59 bits per heavy atom. The molecule has 0 unspecified atom stereocenters. The predicted octanol–water partition coefficient (Wildman–Crippen LogP) is 3.60. The van der Waals surface area contributed by atoms with Gasteiger partial charge >= 0.3 is 0 Å². The molecule has 0 spiro atoms. The van der Waals surface area contributed by atoms with E-state index in [4.69, 9.17) is 4.74 Å². The summed E-state index contributed by atoms with van der Waals surface area (Å²) in [4.78, 5) is 29.5. The van der Waals surface area contributed by atoms with Crippen molar-refractivity contribution in [3.05, 3.63) is 77.0 Å². The van der Waals surface area contributed by atoms with Gasteiger partial charge in [0.25, 0.3) is 11.5 Å². The molecule has 2 heterocycles. The van der Waals surface area contributed by atoms with Gasteiger partial charge in [0.2, 0.25) is 0 Å². The molecule has 4 aromatic rings. The number of fused-ring (bicyclic) bond motifs is 2. The van der Waals surface area contributed by atoms with Gasteiger partial charge in [-0.1, -0.05) is 30.3 Å². The number of amides is 1. The Hall–Kier alpha value is -3.74. The maximum Gasteiger partial charge on any atom is 0.274 e. The molecular formula is C25H24N4O3. The molecule has 5 rings (SSSR count). The summed E-state index contributed by atoms with van der Waals surface area (Å²) < 4.78 is 7.53. The first kappa shape index (κ1) is 20.2. The van der Waals surface area contributed by atoms with E-state index in [0.29, 0.717) is 10.8 Å². The number of benzene rings is 2. The van der Waals surface area contributed by atoms with Crippen LogP contribution in [0, 0.1) is 0 Å². The normalized spacial score (nSPS) is 18.5. The maximum absolute atomic E-state index is 13.0. The van der Waals surface area contributed by atoms with Crippen LogP contribution < -0.4 is 15.6 Å². The highest BCUT2D eigenvalue weighted by molar-refractivity contribution is 6.04. The van der Waals surface area contributed by atoms with Gasteiger partial charge in [-0.05, 0) is 43.9 Å². The summed E-state index contributed by atoms with van der Waals surface area (Å²) >= 11 is 0. The molecule has 1 saturated carbocycles. The molecule has 0 saturated heterocycles. The third kappa shape index (κ3) is 3.82. The Labute approximate surface area is 185 Å². The van der Waals surface area contributed by atoms with Crippen LogP contribution in [-0.2, 0) is 7.05 Å². The zero-order valence-electron chi connectivity index (χ0n) is 17.8. The number of nitrogens with zero attached hydrogens (tertiary/aromatic N) is 3. The van der Waals surface area contributed by atoms with E-state index in [9.17, 15) is 9.59 Å². The van der Waals surface area contributed by atoms with Gasteiger partial charge in [-0.3, -0.25) is 14.6 Å². The third-order valence-electron chi connectivity index (χ3n) is 6.12. The Morgan fingerprint density at radius 1 is 1.00 bits per heavy atom. The van der Waals surface area contributed by atoms with Crippen LogP contribution >= 0.6 is 0 Å². The van der Waals surface area contributed by atoms with Crippen LogP contribution in [0.4, 0.5) is 0 Å². The molecule has 0 aliphatic heterocycles. The van der Waals surface area contributed by atoms with E-state index in [0.717, 1.165) is 42.2 Å². The van der Waals surface area contributed by atoms with Crippen LogP contribution in [0.2, 0.25) is 0 Å². The highest BCUT2D eigenvalue weighted by Crippen LogP contribution is 2.29. The van der Waals surface area contributed by atoms with Crippen LogP contribution in [0.25, 0.3) is 21.5 Å². The molecule has 7 nitrogen and oxygen atoms in total. The quantitative estimate of drug-likeness (QED) is 0.537. The van der Waals surface area contributed by atoms with Gasteiger partial charge in [-0.25, -0.2) is 4.68 Å². The van der Waals surface area contributed by atoms with Crippen molar-refractivity contribution >= 4 is 27.5 Å². The zero-order chi connectivity index (χ0) is 22.1. The summed E-state index contributed by atoms with van der Waals surface area (Å²) in [5.41, 5.74) is 0.0736. The highest BCUT2D eigenvalue weighted by atomic mass is 16.5. The average Bonchev–Trinajstić information content (AvgIpc) is 2.83. The lowest BCUT2D eigenvalue weighted by atomic mass is 9.92. The minimum atomic E-state index is -0.247. The van der Waals surface area contributed by atoms with E-state index in [1.54, 1.807) is 31.4 Å². The highest BCUT2D eigenvalue weighted by Gasteiger charge is 2.26. The lowest BCUT2D eigenvalue weighted by molar-refractivity contribution is 0.0890. The molecule has 2 aromatic carbocycles. The number of ether oxygens (including phenoxy) is 1. The zero-order valence-corrected chi connectivity index (χ0v) is 17.8. The molecule has 1 amide bonds. The summed E-state index contributed by atoms with van der Waals surface area (Å²) in [5, 5.41) is 10.5. The minimum absolute atomic E-state index is 0.0527. The fourth-order valence-corrected chi connectivity index (χ4v) is 4.42. The summed E-state index contributed by atoms with van der Waals surface area (Å²) in [6, 6.07) is 15.1. The van der Waals surface area contributed by atoms with E-state index in [1.807, 2.05) is 36.5 Å². The second-order valence-corrected chi connectivity index (χ2v) is 8.24. The van der Waals surface area contributed by atoms with Crippen molar-refractivity contribution in [1.82, 2.24) is 20.1 Å². The number of carbonyl (C=O) groups is 1. The summed E-state index contributed by atoms with van der Waals surface area (Å²) in [6.45, 7) is 0. The first-order valence-electron chi connectivity index (χ1n) is 10.9. The van der Waals surface area contributed by atoms with Gasteiger partial charge in [-0.15, -0.1) is 0 Å². The van der Waals surface area contributed by atoms with E-state index in [2.05, 4.69) is 15.4 Å². The first-order valence-corrected chi connectivity index (χ1v) is 10.9. The number of aromatic nitrogens is 3. The summed E-state index contributed by atoms with van der Waals surface area (Å²) in [7, 11) is 1.57. The topological polar surface area (TPSA) is 86.1 Å². The number of nitrogens with one attached hydrogen (secondary N) is 1. The van der Waals surface area contributed by atoms with E-state index in [1.165, 1.54) is 4.68 Å². The van der Waals surface area contributed by atoms with Crippen LogP contribution in [0.3, 0.4) is 0 Å². The van der Waals surface area contributed by atoms with Crippen molar-refractivity contribution in [2.24, 2.45) is 7.05 Å². The van der Waals surface area contributed by atoms with Crippen LogP contribution in [-0.4, -0.2) is 32.8 Å². The Morgan fingerprint density at radius 2 is 1.78 bits per heavy atom. The molecular weight excluding hydrogens is 404 g/mol. The fraction of sp³-hybridized carbons (Fsp3) is 0.280. The number of hydrogen-bond donors (Lipinski definition) is 1. The molecule has 32 heavy (non-hydrogen) atoms. The Balaban J connectivity index is 1.26. The van der Waals surface area contributed by atoms with Crippen LogP contribution in [0.5, 0.6) is 5.75 Å². The smallest absolute Gasteiger partial charge is 0.274 e. The van der Waals surface area contributed by atoms with E-state index >= 15 is 0 Å². The van der Waals surface area contributed by atoms with Crippen molar-refractivity contribution in [3.8, 4) is 5.75 Å². The largest absolute Gasteiger partial charge is 0.490 e. The van der Waals surface area contributed by atoms with E-state index in [-0.39, 0.29) is 29.3 Å². The molecule has 162 valence electrons. The summed E-state index contributed by atoms with van der Waals surface area (Å²) in [6.07, 6.45) is 7.09. The average molecular weight is 428 g/mol. The molecule has 0 atom stereocenters. The molecule has 1 fully saturated rings. The van der Waals surface area contributed by atoms with Gasteiger partial charge in [0.05, 0.1) is 11.5 Å². The van der Waals surface area contributed by atoms with Gasteiger partial charge < -0.3 is 10.1 Å². The molecule has 1 N–H and O–H groups in total. The number of aryl methyl sites for hydroxylation is 1. The summed E-state index contributed by atoms with van der Waals surface area (Å²) in [5.74, 6) is 0.626. The lowest BCUT2D eigenvalue weighted by Crippen LogP contribution is -2.40. The molecule has 7 heteroatoms. The standard InChI is InChI=1S/C25H24N4O3/c1-29-25(31)21-7-3-2-6-20(21)23(28-29)24(30)27-17-9-11-18(12-10-17)32-22-8-4-5-16-15-26-14-13-19(16)22/h2-8,13-15,17-18H,9-12H2,1H3,(H,27,30). The van der Waals surface area contributed by atoms with Gasteiger partial charge in [0, 0.05) is 41.6 Å². The number of hydrogen-bond acceptors (Lipinski definition) is 5. The Bertz CT molecular complexity index is 1350. The van der Waals surface area contributed by atoms with E-state index < -0.39 is 0 Å². The number of carbonyl (C=O) groups excluding carboxylic acids is 1. The second-order valence-electron chi connectivity index (χ2n) is 8.24. The SMILES string of the molecule is Cn1nc(C(=O)NC2CCC(Oc3cccc4cnccc34)CC2)c2ccccc2c1=O. The number of pyridine rings is 1. The van der Waals surface area contributed by atoms with Crippen molar-refractivity contribution in [1.29, 1.82) is 0 Å². The lowest BCUT2D eigenvalue weighted by Gasteiger charge is -2.29. The van der Waals surface area contributed by atoms with Crippen molar-refractivity contribution in [3.63, 3.8) is 0 Å². The molecule has 2 aromatic heterocycles. The maximum atomic E-state index is 13.0. The second kappa shape index (κ2) is 8.42. The van der Waals surface area contributed by atoms with Gasteiger partial charge in [0.15, 0.2) is 5.69 Å². The third-order valence-corrected chi connectivity index (χ3v) is 6.12.